The molecule has 7 rings (SSSR count). The molecular weight excluding hydrogens is 304 g/mol. The van der Waals surface area contributed by atoms with Crippen LogP contribution in [0.25, 0.3) is 21.8 Å². The molecule has 0 radical (unpaired) electrons. The van der Waals surface area contributed by atoms with Gasteiger partial charge in [-0.05, 0) is 104 Å². The molecule has 2 heterocycles. The molecule has 0 amide bonds. The normalized spacial score (nSPS) is 36.7. The Balaban J connectivity index is 1.58. The number of benzene rings is 1. The first-order valence-electron chi connectivity index (χ1n) is 9.85. The average molecular weight is 326 g/mol. The van der Waals surface area contributed by atoms with E-state index < -0.39 is 0 Å². The quantitative estimate of drug-likeness (QED) is 0.517. The van der Waals surface area contributed by atoms with E-state index in [1.54, 1.807) is 11.1 Å². The highest BCUT2D eigenvalue weighted by atomic mass is 14.8. The van der Waals surface area contributed by atoms with Crippen molar-refractivity contribution in [3.05, 3.63) is 46.8 Å². The standard InChI is InChI=1S/C23H22N2/c1-11-5-16-20-17-9-23-8-14(23)6-13(7-19(17)23)18(20)10-24-22(16)15-4-3-12(2)25-21(11)15/h3-5,10,13-14,17,19H,6-9H2,1-2H3. The van der Waals surface area contributed by atoms with Crippen LogP contribution >= 0.6 is 0 Å². The monoisotopic (exact) mass is 326 g/mol. The van der Waals surface area contributed by atoms with Gasteiger partial charge in [0.1, 0.15) is 0 Å². The van der Waals surface area contributed by atoms with Crippen LogP contribution < -0.4 is 0 Å². The van der Waals surface area contributed by atoms with Crippen molar-refractivity contribution in [1.82, 2.24) is 9.97 Å². The number of nitrogens with zero attached hydrogens (tertiary/aromatic N) is 2. The molecule has 5 atom stereocenters. The van der Waals surface area contributed by atoms with Gasteiger partial charge in [-0.3, -0.25) is 9.97 Å². The summed E-state index contributed by atoms with van der Waals surface area (Å²) in [5.74, 6) is 3.60. The van der Waals surface area contributed by atoms with E-state index in [-0.39, 0.29) is 0 Å². The molecular formula is C23H22N2. The van der Waals surface area contributed by atoms with E-state index in [1.165, 1.54) is 47.5 Å². The first kappa shape index (κ1) is 13.3. The van der Waals surface area contributed by atoms with Crippen molar-refractivity contribution in [2.45, 2.75) is 51.4 Å². The lowest BCUT2D eigenvalue weighted by atomic mass is 9.48. The summed E-state index contributed by atoms with van der Waals surface area (Å²) in [6, 6.07) is 6.76. The van der Waals surface area contributed by atoms with Crippen LogP contribution in [0.4, 0.5) is 0 Å². The van der Waals surface area contributed by atoms with E-state index in [2.05, 4.69) is 38.2 Å². The number of pyridine rings is 2. The molecule has 1 spiro atoms. The van der Waals surface area contributed by atoms with Crippen molar-refractivity contribution in [1.29, 1.82) is 0 Å². The van der Waals surface area contributed by atoms with Gasteiger partial charge in [0.15, 0.2) is 0 Å². The number of fused-ring (bicyclic) bond motifs is 8. The van der Waals surface area contributed by atoms with E-state index in [0.717, 1.165) is 40.3 Å². The van der Waals surface area contributed by atoms with Gasteiger partial charge in [0.25, 0.3) is 0 Å². The molecule has 4 aliphatic rings. The molecule has 4 aliphatic carbocycles. The van der Waals surface area contributed by atoms with Crippen molar-refractivity contribution in [2.75, 3.05) is 0 Å². The third-order valence-electron chi connectivity index (χ3n) is 8.23. The van der Waals surface area contributed by atoms with Crippen LogP contribution in [-0.2, 0) is 0 Å². The minimum Gasteiger partial charge on any atom is -0.255 e. The van der Waals surface area contributed by atoms with Crippen LogP contribution in [0, 0.1) is 31.1 Å². The molecule has 3 fully saturated rings. The topological polar surface area (TPSA) is 25.8 Å². The van der Waals surface area contributed by atoms with Crippen LogP contribution in [0.2, 0.25) is 0 Å². The van der Waals surface area contributed by atoms with Gasteiger partial charge in [-0.1, -0.05) is 0 Å². The Bertz CT molecular complexity index is 1110. The number of aromatic nitrogens is 2. The maximum Gasteiger partial charge on any atom is 0.0799 e. The minimum atomic E-state index is 0.777. The molecule has 0 N–H and O–H groups in total. The second-order valence-corrected chi connectivity index (χ2v) is 9.29. The zero-order chi connectivity index (χ0) is 16.5. The van der Waals surface area contributed by atoms with Gasteiger partial charge in [0, 0.05) is 22.7 Å². The van der Waals surface area contributed by atoms with E-state index in [9.17, 15) is 0 Å². The molecule has 25 heavy (non-hydrogen) atoms. The predicted molar refractivity (Wildman–Crippen MR) is 99.9 cm³/mol. The zero-order valence-electron chi connectivity index (χ0n) is 14.8. The van der Waals surface area contributed by atoms with Crippen molar-refractivity contribution in [2.24, 2.45) is 17.3 Å². The maximum atomic E-state index is 4.99. The smallest absolute Gasteiger partial charge is 0.0799 e. The summed E-state index contributed by atoms with van der Waals surface area (Å²) in [4.78, 5) is 9.79. The van der Waals surface area contributed by atoms with Crippen molar-refractivity contribution >= 4 is 21.8 Å². The van der Waals surface area contributed by atoms with Crippen molar-refractivity contribution in [3.8, 4) is 0 Å². The maximum absolute atomic E-state index is 4.99. The Labute approximate surface area is 147 Å². The van der Waals surface area contributed by atoms with E-state index >= 15 is 0 Å². The Kier molecular flexibility index (Phi) is 2.07. The fourth-order valence-electron chi connectivity index (χ4n) is 7.06. The van der Waals surface area contributed by atoms with Crippen LogP contribution in [0.15, 0.2) is 24.4 Å². The fourth-order valence-corrected chi connectivity index (χ4v) is 7.06. The summed E-state index contributed by atoms with van der Waals surface area (Å²) < 4.78 is 0. The van der Waals surface area contributed by atoms with Gasteiger partial charge >= 0.3 is 0 Å². The Morgan fingerprint density at radius 1 is 1.04 bits per heavy atom. The summed E-state index contributed by atoms with van der Waals surface area (Å²) in [5, 5.41) is 2.67. The highest BCUT2D eigenvalue weighted by Gasteiger charge is 2.72. The molecule has 3 aromatic rings. The van der Waals surface area contributed by atoms with Crippen molar-refractivity contribution < 1.29 is 0 Å². The lowest BCUT2D eigenvalue weighted by molar-refractivity contribution is 0.0310. The molecule has 2 nitrogen and oxygen atoms in total. The highest BCUT2D eigenvalue weighted by molar-refractivity contribution is 6.06. The van der Waals surface area contributed by atoms with Gasteiger partial charge in [-0.15, -0.1) is 0 Å². The largest absolute Gasteiger partial charge is 0.255 e. The number of rotatable bonds is 0. The average Bonchev–Trinajstić information content (AvgIpc) is 3.31. The third kappa shape index (κ3) is 1.38. The van der Waals surface area contributed by atoms with Gasteiger partial charge < -0.3 is 0 Å². The molecule has 0 aliphatic heterocycles. The Morgan fingerprint density at radius 2 is 1.96 bits per heavy atom. The number of hydrogen-bond acceptors (Lipinski definition) is 2. The summed E-state index contributed by atoms with van der Waals surface area (Å²) in [6.07, 6.45) is 8.08. The lowest BCUT2D eigenvalue weighted by Crippen LogP contribution is -2.45. The van der Waals surface area contributed by atoms with Crippen LogP contribution in [0.5, 0.6) is 0 Å². The van der Waals surface area contributed by atoms with Gasteiger partial charge in [-0.25, -0.2) is 0 Å². The summed E-state index contributed by atoms with van der Waals surface area (Å²) in [7, 11) is 0. The third-order valence-corrected chi connectivity index (χ3v) is 8.23. The number of hydrogen-bond donors (Lipinski definition) is 0. The minimum absolute atomic E-state index is 0.777. The molecule has 3 saturated carbocycles. The molecule has 1 aromatic carbocycles. The molecule has 124 valence electrons. The lowest BCUT2D eigenvalue weighted by Gasteiger charge is -2.56. The van der Waals surface area contributed by atoms with Crippen molar-refractivity contribution in [3.63, 3.8) is 0 Å². The molecule has 5 unspecified atom stereocenters. The van der Waals surface area contributed by atoms with E-state index in [4.69, 9.17) is 9.97 Å². The summed E-state index contributed by atoms with van der Waals surface area (Å²) in [5.41, 5.74) is 8.74. The van der Waals surface area contributed by atoms with Crippen LogP contribution in [0.1, 0.15) is 59.9 Å². The Hall–Kier alpha value is -1.96. The van der Waals surface area contributed by atoms with Crippen LogP contribution in [-0.4, -0.2) is 9.97 Å². The van der Waals surface area contributed by atoms with Gasteiger partial charge in [-0.2, -0.15) is 0 Å². The molecule has 2 bridgehead atoms. The summed E-state index contributed by atoms with van der Waals surface area (Å²) >= 11 is 0. The molecule has 0 saturated heterocycles. The Morgan fingerprint density at radius 3 is 2.88 bits per heavy atom. The highest BCUT2D eigenvalue weighted by Crippen LogP contribution is 2.81. The fraction of sp³-hybridized carbons (Fsp3) is 0.478. The molecule has 2 aromatic heterocycles. The van der Waals surface area contributed by atoms with E-state index in [1.807, 2.05) is 0 Å². The first-order valence-corrected chi connectivity index (χ1v) is 9.85. The van der Waals surface area contributed by atoms with Crippen LogP contribution in [0.3, 0.4) is 0 Å². The first-order chi connectivity index (χ1) is 12.2. The molecule has 2 heteroatoms. The second kappa shape index (κ2) is 3.90. The number of aryl methyl sites for hydroxylation is 2. The predicted octanol–water partition coefficient (Wildman–Crippen LogP) is 5.40. The van der Waals surface area contributed by atoms with E-state index in [0.29, 0.717) is 0 Å². The van der Waals surface area contributed by atoms with Gasteiger partial charge in [0.05, 0.1) is 11.0 Å². The second-order valence-electron chi connectivity index (χ2n) is 9.29. The van der Waals surface area contributed by atoms with Gasteiger partial charge in [0.2, 0.25) is 0 Å². The SMILES string of the molecule is Cc1ccc2c(n1)c(C)cc1c3c(cnc12)C1CC2CC24CC3C4C1. The zero-order valence-corrected chi connectivity index (χ0v) is 14.8. The summed E-state index contributed by atoms with van der Waals surface area (Å²) in [6.45, 7) is 4.29.